The lowest BCUT2D eigenvalue weighted by Crippen LogP contribution is -2.14. The highest BCUT2D eigenvalue weighted by molar-refractivity contribution is 5.66. The van der Waals surface area contributed by atoms with Gasteiger partial charge in [-0.05, 0) is 46.2 Å². The summed E-state index contributed by atoms with van der Waals surface area (Å²) in [4.78, 5) is 0. The van der Waals surface area contributed by atoms with Crippen molar-refractivity contribution in [2.45, 2.75) is 18.8 Å². The second-order valence-electron chi connectivity index (χ2n) is 6.30. The lowest BCUT2D eigenvalue weighted by Gasteiger charge is -2.29. The van der Waals surface area contributed by atoms with Gasteiger partial charge in [0.15, 0.2) is 0 Å². The number of hydrogen-bond donors (Lipinski definition) is 0. The Bertz CT molecular complexity index is 797. The molecule has 23 heavy (non-hydrogen) atoms. The smallest absolute Gasteiger partial charge is 0.0135 e. The Balaban J connectivity index is 1.74. The molecule has 4 rings (SSSR count). The van der Waals surface area contributed by atoms with Gasteiger partial charge in [0.05, 0.1) is 0 Å². The second kappa shape index (κ2) is 5.89. The van der Waals surface area contributed by atoms with E-state index in [9.17, 15) is 0 Å². The minimum absolute atomic E-state index is 0.406. The van der Waals surface area contributed by atoms with E-state index in [1.165, 1.54) is 33.4 Å². The maximum Gasteiger partial charge on any atom is 0.0135 e. The molecule has 0 saturated heterocycles. The van der Waals surface area contributed by atoms with Gasteiger partial charge < -0.3 is 0 Å². The van der Waals surface area contributed by atoms with Crippen LogP contribution in [0.3, 0.4) is 0 Å². The lowest BCUT2D eigenvalue weighted by atomic mass is 9.75. The van der Waals surface area contributed by atoms with E-state index >= 15 is 0 Å². The molecule has 0 radical (unpaired) electrons. The Hall–Kier alpha value is -2.60. The van der Waals surface area contributed by atoms with Crippen LogP contribution < -0.4 is 0 Å². The topological polar surface area (TPSA) is 0 Å². The zero-order valence-electron chi connectivity index (χ0n) is 13.2. The highest BCUT2D eigenvalue weighted by atomic mass is 14.3. The van der Waals surface area contributed by atoms with Gasteiger partial charge in [-0.2, -0.15) is 0 Å². The first kappa shape index (κ1) is 14.0. The van der Waals surface area contributed by atoms with Gasteiger partial charge in [-0.1, -0.05) is 85.4 Å². The van der Waals surface area contributed by atoms with E-state index in [2.05, 4.69) is 85.4 Å². The molecular formula is C23H20. The van der Waals surface area contributed by atoms with Crippen molar-refractivity contribution in [3.05, 3.63) is 113 Å². The fraction of sp³-hybridized carbons (Fsp3) is 0.130. The normalized spacial score (nSPS) is 13.2. The van der Waals surface area contributed by atoms with Crippen molar-refractivity contribution in [1.29, 1.82) is 0 Å². The van der Waals surface area contributed by atoms with E-state index in [0.29, 0.717) is 5.92 Å². The summed E-state index contributed by atoms with van der Waals surface area (Å²) in [6, 6.07) is 28.3. The summed E-state index contributed by atoms with van der Waals surface area (Å²) in [5.74, 6) is 0.406. The van der Waals surface area contributed by atoms with Gasteiger partial charge in [0.1, 0.15) is 0 Å². The third kappa shape index (κ3) is 2.61. The molecule has 0 unspecified atom stereocenters. The van der Waals surface area contributed by atoms with Crippen molar-refractivity contribution < 1.29 is 0 Å². The van der Waals surface area contributed by atoms with Crippen molar-refractivity contribution in [2.24, 2.45) is 0 Å². The van der Waals surface area contributed by atoms with Crippen LogP contribution in [0.4, 0.5) is 0 Å². The predicted octanol–water partition coefficient (Wildman–Crippen LogP) is 5.83. The molecule has 3 aromatic rings. The van der Waals surface area contributed by atoms with Crippen LogP contribution in [0, 0.1) is 0 Å². The predicted molar refractivity (Wildman–Crippen MR) is 97.6 cm³/mol. The molecule has 0 bridgehead atoms. The van der Waals surface area contributed by atoms with E-state index in [-0.39, 0.29) is 0 Å². The third-order valence-corrected chi connectivity index (χ3v) is 4.87. The van der Waals surface area contributed by atoms with Crippen molar-refractivity contribution >= 4 is 5.57 Å². The Morgan fingerprint density at radius 3 is 1.87 bits per heavy atom. The van der Waals surface area contributed by atoms with E-state index in [1.54, 1.807) is 0 Å². The number of fused-ring (bicyclic) bond motifs is 2. The molecule has 0 N–H and O–H groups in total. The SMILES string of the molecule is C=C(CC1c2ccccc2Cc2ccccc21)c1ccccc1. The summed E-state index contributed by atoms with van der Waals surface area (Å²) < 4.78 is 0. The van der Waals surface area contributed by atoms with Gasteiger partial charge >= 0.3 is 0 Å². The number of benzene rings is 3. The summed E-state index contributed by atoms with van der Waals surface area (Å²) in [6.45, 7) is 4.36. The first-order chi connectivity index (χ1) is 11.3. The average Bonchev–Trinajstić information content (AvgIpc) is 2.62. The summed E-state index contributed by atoms with van der Waals surface area (Å²) in [5, 5.41) is 0. The van der Waals surface area contributed by atoms with Crippen LogP contribution in [-0.2, 0) is 6.42 Å². The zero-order valence-corrected chi connectivity index (χ0v) is 13.2. The van der Waals surface area contributed by atoms with Gasteiger partial charge in [0.25, 0.3) is 0 Å². The van der Waals surface area contributed by atoms with E-state index < -0.39 is 0 Å². The monoisotopic (exact) mass is 296 g/mol. The highest BCUT2D eigenvalue weighted by Crippen LogP contribution is 2.41. The third-order valence-electron chi connectivity index (χ3n) is 4.87. The maximum absolute atomic E-state index is 4.36. The zero-order chi connectivity index (χ0) is 15.6. The molecule has 0 nitrogen and oxygen atoms in total. The Morgan fingerprint density at radius 1 is 0.739 bits per heavy atom. The molecule has 1 aliphatic carbocycles. The van der Waals surface area contributed by atoms with Crippen LogP contribution in [0.25, 0.3) is 5.57 Å². The summed E-state index contributed by atoms with van der Waals surface area (Å²) in [6.07, 6.45) is 2.01. The molecule has 0 heterocycles. The Kier molecular flexibility index (Phi) is 3.59. The van der Waals surface area contributed by atoms with E-state index in [0.717, 1.165) is 12.8 Å². The van der Waals surface area contributed by atoms with Crippen LogP contribution in [0.5, 0.6) is 0 Å². The van der Waals surface area contributed by atoms with E-state index in [4.69, 9.17) is 0 Å². The first-order valence-corrected chi connectivity index (χ1v) is 8.22. The summed E-state index contributed by atoms with van der Waals surface area (Å²) >= 11 is 0. The molecule has 0 heteroatoms. The average molecular weight is 296 g/mol. The molecular weight excluding hydrogens is 276 g/mol. The van der Waals surface area contributed by atoms with Gasteiger partial charge in [-0.25, -0.2) is 0 Å². The lowest BCUT2D eigenvalue weighted by molar-refractivity contribution is 0.788. The van der Waals surface area contributed by atoms with Gasteiger partial charge in [0, 0.05) is 5.92 Å². The highest BCUT2D eigenvalue weighted by Gasteiger charge is 2.25. The van der Waals surface area contributed by atoms with Crippen LogP contribution >= 0.6 is 0 Å². The minimum atomic E-state index is 0.406. The van der Waals surface area contributed by atoms with E-state index in [1.807, 2.05) is 0 Å². The largest absolute Gasteiger partial charge is 0.0952 e. The number of hydrogen-bond acceptors (Lipinski definition) is 0. The number of allylic oxidation sites excluding steroid dienone is 1. The second-order valence-corrected chi connectivity index (χ2v) is 6.30. The van der Waals surface area contributed by atoms with Crippen LogP contribution in [0.15, 0.2) is 85.4 Å². The first-order valence-electron chi connectivity index (χ1n) is 8.22. The molecule has 112 valence electrons. The van der Waals surface area contributed by atoms with Gasteiger partial charge in [0.2, 0.25) is 0 Å². The van der Waals surface area contributed by atoms with Crippen LogP contribution in [0.2, 0.25) is 0 Å². The molecule has 1 aliphatic rings. The van der Waals surface area contributed by atoms with Crippen LogP contribution in [0.1, 0.15) is 40.2 Å². The van der Waals surface area contributed by atoms with Crippen molar-refractivity contribution in [3.8, 4) is 0 Å². The molecule has 3 aromatic carbocycles. The number of rotatable bonds is 3. The molecule has 0 spiro atoms. The van der Waals surface area contributed by atoms with Crippen LogP contribution in [-0.4, -0.2) is 0 Å². The molecule has 0 aromatic heterocycles. The molecule has 0 fully saturated rings. The molecule has 0 amide bonds. The standard InChI is InChI=1S/C23H20/c1-17(18-9-3-2-4-10-18)15-23-21-13-7-5-11-19(21)16-20-12-6-8-14-22(20)23/h2-14,23H,1,15-16H2. The van der Waals surface area contributed by atoms with Crippen molar-refractivity contribution in [3.63, 3.8) is 0 Å². The summed E-state index contributed by atoms with van der Waals surface area (Å²) in [5.41, 5.74) is 8.29. The maximum atomic E-state index is 4.36. The summed E-state index contributed by atoms with van der Waals surface area (Å²) in [7, 11) is 0. The quantitative estimate of drug-likeness (QED) is 0.570. The molecule has 0 saturated carbocycles. The van der Waals surface area contributed by atoms with Gasteiger partial charge in [-0.15, -0.1) is 0 Å². The molecule has 0 atom stereocenters. The fourth-order valence-electron chi connectivity index (χ4n) is 3.70. The Labute approximate surface area is 138 Å². The Morgan fingerprint density at radius 2 is 1.26 bits per heavy atom. The fourth-order valence-corrected chi connectivity index (χ4v) is 3.70. The van der Waals surface area contributed by atoms with Crippen molar-refractivity contribution in [1.82, 2.24) is 0 Å². The van der Waals surface area contributed by atoms with Crippen molar-refractivity contribution in [2.75, 3.05) is 0 Å². The van der Waals surface area contributed by atoms with Gasteiger partial charge in [-0.3, -0.25) is 0 Å². The minimum Gasteiger partial charge on any atom is -0.0952 e. The molecule has 0 aliphatic heterocycles.